The zero-order chi connectivity index (χ0) is 15.5. The number of carbonyl (C=O) groups is 1. The SMILES string of the molecule is O=C(Nc1ccc(OCC(F)(F)F)nc1)c1ccoc1Cl. The molecule has 0 spiro atoms. The lowest BCUT2D eigenvalue weighted by atomic mass is 10.3. The second-order valence-electron chi connectivity index (χ2n) is 3.85. The maximum absolute atomic E-state index is 12.0. The average molecular weight is 321 g/mol. The molecule has 9 heteroatoms. The third-order valence-electron chi connectivity index (χ3n) is 2.24. The number of pyridine rings is 1. The van der Waals surface area contributed by atoms with Gasteiger partial charge in [-0.15, -0.1) is 0 Å². The monoisotopic (exact) mass is 320 g/mol. The van der Waals surface area contributed by atoms with E-state index in [-0.39, 0.29) is 22.4 Å². The summed E-state index contributed by atoms with van der Waals surface area (Å²) in [6.45, 7) is -1.43. The molecule has 2 rings (SSSR count). The van der Waals surface area contributed by atoms with Crippen molar-refractivity contribution in [2.45, 2.75) is 6.18 Å². The van der Waals surface area contributed by atoms with Gasteiger partial charge in [-0.25, -0.2) is 4.98 Å². The number of alkyl halides is 3. The van der Waals surface area contributed by atoms with E-state index in [1.807, 2.05) is 0 Å². The number of furan rings is 1. The highest BCUT2D eigenvalue weighted by molar-refractivity contribution is 6.32. The molecule has 5 nitrogen and oxygen atoms in total. The van der Waals surface area contributed by atoms with E-state index in [1.54, 1.807) is 0 Å². The van der Waals surface area contributed by atoms with Crippen molar-refractivity contribution in [2.24, 2.45) is 0 Å². The Morgan fingerprint density at radius 1 is 1.38 bits per heavy atom. The van der Waals surface area contributed by atoms with Crippen molar-refractivity contribution in [3.63, 3.8) is 0 Å². The smallest absolute Gasteiger partial charge is 0.422 e. The molecule has 0 fully saturated rings. The molecule has 0 aromatic carbocycles. The molecule has 0 atom stereocenters. The number of hydrogen-bond donors (Lipinski definition) is 1. The zero-order valence-electron chi connectivity index (χ0n) is 10.3. The Labute approximate surface area is 121 Å². The standard InChI is InChI=1S/C12H8ClF3N2O3/c13-10-8(3-4-20-10)11(19)18-7-1-2-9(17-5-7)21-6-12(14,15)16/h1-5H,6H2,(H,18,19). The minimum absolute atomic E-state index is 0.0643. The van der Waals surface area contributed by atoms with Gasteiger partial charge in [0.05, 0.1) is 23.7 Å². The van der Waals surface area contributed by atoms with Gasteiger partial charge in [0, 0.05) is 6.07 Å². The first-order valence-electron chi connectivity index (χ1n) is 5.55. The summed E-state index contributed by atoms with van der Waals surface area (Å²) in [5.74, 6) is -0.730. The van der Waals surface area contributed by atoms with Gasteiger partial charge in [-0.05, 0) is 23.7 Å². The van der Waals surface area contributed by atoms with Gasteiger partial charge < -0.3 is 14.5 Å². The molecule has 2 heterocycles. The van der Waals surface area contributed by atoms with Crippen molar-refractivity contribution < 1.29 is 27.1 Å². The van der Waals surface area contributed by atoms with Crippen LogP contribution < -0.4 is 10.1 Å². The van der Waals surface area contributed by atoms with E-state index in [0.29, 0.717) is 0 Å². The number of ether oxygens (including phenoxy) is 1. The summed E-state index contributed by atoms with van der Waals surface area (Å²) in [6.07, 6.45) is -2.02. The highest BCUT2D eigenvalue weighted by atomic mass is 35.5. The summed E-state index contributed by atoms with van der Waals surface area (Å²) >= 11 is 5.64. The van der Waals surface area contributed by atoms with Crippen molar-refractivity contribution in [1.82, 2.24) is 4.98 Å². The van der Waals surface area contributed by atoms with Crippen LogP contribution in [0.4, 0.5) is 18.9 Å². The molecule has 0 aliphatic carbocycles. The number of hydrogen-bond acceptors (Lipinski definition) is 4. The average Bonchev–Trinajstić information content (AvgIpc) is 2.83. The van der Waals surface area contributed by atoms with Gasteiger partial charge in [0.2, 0.25) is 11.1 Å². The van der Waals surface area contributed by atoms with Crippen LogP contribution >= 0.6 is 11.6 Å². The maximum Gasteiger partial charge on any atom is 0.422 e. The van der Waals surface area contributed by atoms with Crippen LogP contribution in [0.15, 0.2) is 35.1 Å². The fourth-order valence-electron chi connectivity index (χ4n) is 1.35. The zero-order valence-corrected chi connectivity index (χ0v) is 11.0. The van der Waals surface area contributed by atoms with Crippen molar-refractivity contribution in [2.75, 3.05) is 11.9 Å². The molecule has 2 aromatic rings. The summed E-state index contributed by atoms with van der Waals surface area (Å²) in [6, 6.07) is 3.94. The minimum Gasteiger partial charge on any atom is -0.468 e. The van der Waals surface area contributed by atoms with E-state index in [0.717, 1.165) is 6.20 Å². The summed E-state index contributed by atoms with van der Waals surface area (Å²) < 4.78 is 45.1. The van der Waals surface area contributed by atoms with E-state index in [2.05, 4.69) is 15.0 Å². The van der Waals surface area contributed by atoms with E-state index in [9.17, 15) is 18.0 Å². The summed E-state index contributed by atoms with van der Waals surface area (Å²) in [5, 5.41) is 2.40. The lowest BCUT2D eigenvalue weighted by molar-refractivity contribution is -0.154. The van der Waals surface area contributed by atoms with Gasteiger partial charge >= 0.3 is 6.18 Å². The normalized spacial score (nSPS) is 11.2. The Balaban J connectivity index is 1.96. The second kappa shape index (κ2) is 6.04. The van der Waals surface area contributed by atoms with Crippen LogP contribution in [0.25, 0.3) is 0 Å². The Hall–Kier alpha value is -2.22. The molecule has 0 aliphatic rings. The quantitative estimate of drug-likeness (QED) is 0.936. The molecule has 21 heavy (non-hydrogen) atoms. The Morgan fingerprint density at radius 3 is 2.67 bits per heavy atom. The first-order valence-corrected chi connectivity index (χ1v) is 5.93. The Morgan fingerprint density at radius 2 is 2.14 bits per heavy atom. The van der Waals surface area contributed by atoms with Crippen molar-refractivity contribution in [1.29, 1.82) is 0 Å². The molecule has 1 N–H and O–H groups in total. The van der Waals surface area contributed by atoms with Crippen molar-refractivity contribution in [3.05, 3.63) is 41.4 Å². The molecule has 0 aliphatic heterocycles. The van der Waals surface area contributed by atoms with E-state index < -0.39 is 18.7 Å². The van der Waals surface area contributed by atoms with Crippen LogP contribution in [-0.2, 0) is 0 Å². The number of anilines is 1. The van der Waals surface area contributed by atoms with Crippen molar-refractivity contribution >= 4 is 23.2 Å². The van der Waals surface area contributed by atoms with E-state index in [4.69, 9.17) is 16.0 Å². The third kappa shape index (κ3) is 4.38. The first kappa shape index (κ1) is 15.2. The number of halogens is 4. The van der Waals surface area contributed by atoms with Crippen molar-refractivity contribution in [3.8, 4) is 5.88 Å². The van der Waals surface area contributed by atoms with E-state index >= 15 is 0 Å². The van der Waals surface area contributed by atoms with Crippen LogP contribution in [0, 0.1) is 0 Å². The van der Waals surface area contributed by atoms with Gasteiger partial charge in [-0.1, -0.05) is 0 Å². The minimum atomic E-state index is -4.44. The summed E-state index contributed by atoms with van der Waals surface area (Å²) in [4.78, 5) is 15.4. The molecule has 0 unspecified atom stereocenters. The van der Waals surface area contributed by atoms with Gasteiger partial charge in [-0.2, -0.15) is 13.2 Å². The molecule has 1 amide bonds. The predicted molar refractivity (Wildman–Crippen MR) is 67.5 cm³/mol. The number of nitrogens with zero attached hydrogens (tertiary/aromatic N) is 1. The van der Waals surface area contributed by atoms with E-state index in [1.165, 1.54) is 24.5 Å². The lowest BCUT2D eigenvalue weighted by Crippen LogP contribution is -2.19. The van der Waals surface area contributed by atoms with Crippen LogP contribution in [0.3, 0.4) is 0 Å². The topological polar surface area (TPSA) is 64.4 Å². The second-order valence-corrected chi connectivity index (χ2v) is 4.19. The molecular weight excluding hydrogens is 313 g/mol. The van der Waals surface area contributed by atoms with Crippen LogP contribution in [0.5, 0.6) is 5.88 Å². The number of nitrogens with one attached hydrogen (secondary N) is 1. The van der Waals surface area contributed by atoms with Crippen LogP contribution in [-0.4, -0.2) is 23.7 Å². The van der Waals surface area contributed by atoms with Gasteiger partial charge in [0.15, 0.2) is 6.61 Å². The molecule has 0 saturated carbocycles. The highest BCUT2D eigenvalue weighted by Gasteiger charge is 2.28. The number of amides is 1. The third-order valence-corrected chi connectivity index (χ3v) is 2.53. The largest absolute Gasteiger partial charge is 0.468 e. The predicted octanol–water partition coefficient (Wildman–Crippen LogP) is 3.52. The number of rotatable bonds is 4. The lowest BCUT2D eigenvalue weighted by Gasteiger charge is -2.09. The molecule has 112 valence electrons. The number of carbonyl (C=O) groups excluding carboxylic acids is 1. The summed E-state index contributed by atoms with van der Waals surface area (Å²) in [7, 11) is 0. The molecule has 2 aromatic heterocycles. The maximum atomic E-state index is 12.0. The Kier molecular flexibility index (Phi) is 4.37. The fourth-order valence-corrected chi connectivity index (χ4v) is 1.55. The molecular formula is C12H8ClF3N2O3. The molecule has 0 saturated heterocycles. The fraction of sp³-hybridized carbons (Fsp3) is 0.167. The van der Waals surface area contributed by atoms with Crippen LogP contribution in [0.1, 0.15) is 10.4 Å². The Bertz CT molecular complexity index is 625. The van der Waals surface area contributed by atoms with Gasteiger partial charge in [0.25, 0.3) is 5.91 Å². The first-order chi connectivity index (χ1) is 9.85. The molecule has 0 bridgehead atoms. The molecule has 0 radical (unpaired) electrons. The van der Waals surface area contributed by atoms with Gasteiger partial charge in [-0.3, -0.25) is 4.79 Å². The highest BCUT2D eigenvalue weighted by Crippen LogP contribution is 2.20. The number of aromatic nitrogens is 1. The summed E-state index contributed by atoms with van der Waals surface area (Å²) in [5.41, 5.74) is 0.408. The van der Waals surface area contributed by atoms with Crippen LogP contribution in [0.2, 0.25) is 5.22 Å². The van der Waals surface area contributed by atoms with Gasteiger partial charge in [0.1, 0.15) is 0 Å².